The Morgan fingerprint density at radius 3 is 2.70 bits per heavy atom. The van der Waals surface area contributed by atoms with Crippen LogP contribution in [0.25, 0.3) is 17.4 Å². The van der Waals surface area contributed by atoms with Crippen molar-refractivity contribution in [3.8, 4) is 11.6 Å². The zero-order valence-electron chi connectivity index (χ0n) is 24.4. The molecule has 0 radical (unpaired) electrons. The first-order valence-corrected chi connectivity index (χ1v) is 14.7. The number of likely N-dealkylation sites (tertiary alicyclic amines) is 1. The van der Waals surface area contributed by atoms with Crippen LogP contribution in [0.15, 0.2) is 48.4 Å². The van der Waals surface area contributed by atoms with Crippen LogP contribution in [-0.4, -0.2) is 64.6 Å². The second-order valence-corrected chi connectivity index (χ2v) is 11.8. The Bertz CT molecular complexity index is 1810. The van der Waals surface area contributed by atoms with Crippen molar-refractivity contribution in [2.75, 3.05) is 13.2 Å². The van der Waals surface area contributed by atoms with E-state index in [2.05, 4.69) is 19.9 Å². The number of alkyl halides is 3. The lowest BCUT2D eigenvalue weighted by Gasteiger charge is -2.42. The summed E-state index contributed by atoms with van der Waals surface area (Å²) in [5.41, 5.74) is -0.201. The molecule has 3 aromatic heterocycles. The second kappa shape index (κ2) is 12.4. The van der Waals surface area contributed by atoms with Crippen LogP contribution in [0.4, 0.5) is 17.6 Å². The van der Waals surface area contributed by atoms with Crippen LogP contribution in [0.2, 0.25) is 0 Å². The Morgan fingerprint density at radius 1 is 1.22 bits per heavy atom. The van der Waals surface area contributed by atoms with Gasteiger partial charge in [0.25, 0.3) is 0 Å². The average molecular weight is 661 g/mol. The molecule has 0 unspecified atom stereocenters. The van der Waals surface area contributed by atoms with Crippen molar-refractivity contribution in [2.24, 2.45) is 0 Å². The number of carboxylic acids is 1. The molecule has 2 fully saturated rings. The molecule has 11 nitrogen and oxygen atoms in total. The molecule has 0 aliphatic carbocycles. The lowest BCUT2D eigenvalue weighted by atomic mass is 9.99. The molecule has 1 N–H and O–H groups in total. The molecule has 6 rings (SSSR count). The van der Waals surface area contributed by atoms with Gasteiger partial charge < -0.3 is 19.3 Å². The number of imidazole rings is 1. The van der Waals surface area contributed by atoms with E-state index in [1.807, 2.05) is 6.92 Å². The van der Waals surface area contributed by atoms with Gasteiger partial charge >= 0.3 is 12.1 Å². The highest BCUT2D eigenvalue weighted by Gasteiger charge is 2.38. The van der Waals surface area contributed by atoms with E-state index in [0.29, 0.717) is 55.6 Å². The molecule has 4 aromatic rings. The summed E-state index contributed by atoms with van der Waals surface area (Å²) in [5, 5.41) is 9.44. The predicted octanol–water partition coefficient (Wildman–Crippen LogP) is 5.56. The number of thiol groups is 1. The van der Waals surface area contributed by atoms with E-state index in [-0.39, 0.29) is 35.8 Å². The molecule has 2 saturated heterocycles. The van der Waals surface area contributed by atoms with Crippen LogP contribution in [-0.2, 0) is 24.1 Å². The van der Waals surface area contributed by atoms with Gasteiger partial charge in [0, 0.05) is 44.1 Å². The van der Waals surface area contributed by atoms with Crippen LogP contribution < -0.4 is 9.47 Å². The number of hydrogen-bond acceptors (Lipinski definition) is 10. The maximum absolute atomic E-state index is 14.2. The number of aromatic nitrogens is 5. The summed E-state index contributed by atoms with van der Waals surface area (Å²) in [6.07, 6.45) is 0.355. The van der Waals surface area contributed by atoms with Crippen LogP contribution in [0, 0.1) is 5.82 Å². The van der Waals surface area contributed by atoms with E-state index in [4.69, 9.17) is 31.8 Å². The smallest absolute Gasteiger partial charge is 0.416 e. The molecular formula is C30H28F4N6O5S. The summed E-state index contributed by atoms with van der Waals surface area (Å²) >= 11 is 4.84. The number of ether oxygens (including phenoxy) is 3. The highest BCUT2D eigenvalue weighted by molar-refractivity contribution is 7.81. The van der Waals surface area contributed by atoms with Crippen molar-refractivity contribution < 1.29 is 41.7 Å². The number of aromatic carboxylic acids is 1. The number of fused-ring (bicyclic) bond motifs is 1. The highest BCUT2D eigenvalue weighted by atomic mass is 32.1. The van der Waals surface area contributed by atoms with E-state index in [1.54, 1.807) is 22.9 Å². The number of carbonyl (C=O) groups is 1. The van der Waals surface area contributed by atoms with E-state index >= 15 is 0 Å². The third-order valence-electron chi connectivity index (χ3n) is 7.70. The Balaban J connectivity index is 1.11. The molecule has 242 valence electrons. The van der Waals surface area contributed by atoms with Crippen molar-refractivity contribution >= 4 is 36.0 Å². The molecule has 0 spiro atoms. The van der Waals surface area contributed by atoms with Gasteiger partial charge in [-0.25, -0.2) is 24.1 Å². The maximum Gasteiger partial charge on any atom is 0.416 e. The van der Waals surface area contributed by atoms with E-state index < -0.39 is 28.5 Å². The molecule has 0 bridgehead atoms. The summed E-state index contributed by atoms with van der Waals surface area (Å²) in [6.45, 7) is 3.39. The van der Waals surface area contributed by atoms with Gasteiger partial charge in [-0.1, -0.05) is 0 Å². The average Bonchev–Trinajstić information content (AvgIpc) is 3.31. The normalized spacial score (nSPS) is 21.2. The first kappa shape index (κ1) is 31.5. The first-order valence-electron chi connectivity index (χ1n) is 14.3. The number of piperidine rings is 1. The molecule has 1 aromatic carbocycles. The Morgan fingerprint density at radius 2 is 2.02 bits per heavy atom. The standard InChI is InChI=1S/C30H28F4N6O5S/c1-17-13-29(46,45-26-6-9-35-24(38-26)16-44-23-5-2-18(12-20(23)31)30(32,33)34)8-10-39(17)15-25-36-21-3-4-22(28(41)42)37-27(21)40(25)14-19-7-11-43-19/h2-6,9,12,14,17,46H,7-8,10-11,13,15-16H2,1H3,(H,41,42)/b19-14-/t17-,29-/m0/s1. The SMILES string of the molecule is C[C@H]1C[C@](S)(Oc2ccnc(COc3ccc(C(F)(F)F)cc3F)n2)CCN1Cc1nc2ccc(C(=O)O)nc2n1/C=C1/CCO1. The maximum atomic E-state index is 14.2. The number of nitrogens with zero attached hydrogens (tertiary/aromatic N) is 6. The van der Waals surface area contributed by atoms with Gasteiger partial charge in [0.05, 0.1) is 24.9 Å². The van der Waals surface area contributed by atoms with E-state index in [1.165, 1.54) is 12.3 Å². The predicted molar refractivity (Wildman–Crippen MR) is 159 cm³/mol. The number of benzene rings is 1. The topological polar surface area (TPSA) is 125 Å². The van der Waals surface area contributed by atoms with Crippen LogP contribution >= 0.6 is 12.6 Å². The lowest BCUT2D eigenvalue weighted by molar-refractivity contribution is -0.137. The van der Waals surface area contributed by atoms with Gasteiger partial charge in [-0.2, -0.15) is 18.2 Å². The third-order valence-corrected chi connectivity index (χ3v) is 8.20. The summed E-state index contributed by atoms with van der Waals surface area (Å²) in [7, 11) is 0. The third kappa shape index (κ3) is 6.87. The van der Waals surface area contributed by atoms with Gasteiger partial charge in [-0.3, -0.25) is 9.47 Å². The number of rotatable bonds is 9. The number of carboxylic acid groups (broad SMARTS) is 1. The van der Waals surface area contributed by atoms with Gasteiger partial charge in [0.1, 0.15) is 23.7 Å². The molecule has 16 heteroatoms. The summed E-state index contributed by atoms with van der Waals surface area (Å²) in [6, 6.07) is 6.61. The molecule has 5 heterocycles. The van der Waals surface area contributed by atoms with Crippen LogP contribution in [0.1, 0.15) is 53.9 Å². The fourth-order valence-corrected chi connectivity index (χ4v) is 5.69. The summed E-state index contributed by atoms with van der Waals surface area (Å²) in [5.74, 6) is -0.849. The molecule has 2 aliphatic heterocycles. The van der Waals surface area contributed by atoms with Gasteiger partial charge in [-0.05, 0) is 37.3 Å². The highest BCUT2D eigenvalue weighted by Crippen LogP contribution is 2.36. The van der Waals surface area contributed by atoms with Crippen molar-refractivity contribution in [3.63, 3.8) is 0 Å². The fraction of sp³-hybridized carbons (Fsp3) is 0.367. The Hall–Kier alpha value is -4.44. The minimum atomic E-state index is -4.67. The van der Waals surface area contributed by atoms with Crippen molar-refractivity contribution in [1.29, 1.82) is 0 Å². The molecule has 46 heavy (non-hydrogen) atoms. The molecule has 2 aliphatic rings. The minimum absolute atomic E-state index is 0.0121. The molecule has 2 atom stereocenters. The zero-order chi connectivity index (χ0) is 32.6. The van der Waals surface area contributed by atoms with E-state index in [0.717, 1.165) is 24.3 Å². The summed E-state index contributed by atoms with van der Waals surface area (Å²) < 4.78 is 71.5. The van der Waals surface area contributed by atoms with Crippen molar-refractivity contribution in [2.45, 2.75) is 56.5 Å². The number of pyridine rings is 1. The Kier molecular flexibility index (Phi) is 8.50. The quantitative estimate of drug-likeness (QED) is 0.134. The van der Waals surface area contributed by atoms with Gasteiger partial charge in [-0.15, -0.1) is 12.6 Å². The number of hydrogen-bond donors (Lipinski definition) is 2. The van der Waals surface area contributed by atoms with E-state index in [9.17, 15) is 27.5 Å². The lowest BCUT2D eigenvalue weighted by Crippen LogP contribution is -2.49. The van der Waals surface area contributed by atoms with Crippen LogP contribution in [0.5, 0.6) is 11.6 Å². The van der Waals surface area contributed by atoms with Crippen LogP contribution in [0.3, 0.4) is 0 Å². The minimum Gasteiger partial charge on any atom is -0.496 e. The second-order valence-electron chi connectivity index (χ2n) is 11.0. The molecule has 0 amide bonds. The first-order chi connectivity index (χ1) is 21.9. The molecule has 0 saturated carbocycles. The molecular weight excluding hydrogens is 632 g/mol. The van der Waals surface area contributed by atoms with Gasteiger partial charge in [0.15, 0.2) is 33.7 Å². The van der Waals surface area contributed by atoms with Gasteiger partial charge in [0.2, 0.25) is 5.88 Å². The zero-order valence-corrected chi connectivity index (χ0v) is 25.3. The number of halogens is 4. The summed E-state index contributed by atoms with van der Waals surface area (Å²) in [4.78, 5) is 30.3. The largest absolute Gasteiger partial charge is 0.496 e. The monoisotopic (exact) mass is 660 g/mol. The van der Waals surface area contributed by atoms with Crippen molar-refractivity contribution in [3.05, 3.63) is 77.1 Å². The fourth-order valence-electron chi connectivity index (χ4n) is 5.23. The van der Waals surface area contributed by atoms with Crippen molar-refractivity contribution in [1.82, 2.24) is 29.4 Å². The Labute approximate surface area is 265 Å².